The third kappa shape index (κ3) is 2.01. The zero-order valence-corrected chi connectivity index (χ0v) is 12.9. The lowest BCUT2D eigenvalue weighted by atomic mass is 10.0. The van der Waals surface area contributed by atoms with E-state index in [0.717, 1.165) is 12.1 Å². The molecule has 0 bridgehead atoms. The predicted octanol–water partition coefficient (Wildman–Crippen LogP) is 4.51. The molecule has 1 aliphatic rings. The minimum Gasteiger partial charge on any atom is -0.350 e. The second-order valence-electron chi connectivity index (χ2n) is 5.95. The maximum atomic E-state index is 4.77. The number of aryl methyl sites for hydroxylation is 1. The molecule has 0 aliphatic carbocycles. The van der Waals surface area contributed by atoms with Crippen LogP contribution in [-0.2, 0) is 7.05 Å². The van der Waals surface area contributed by atoms with E-state index in [4.69, 9.17) is 5.10 Å². The molecule has 1 aromatic heterocycles. The fraction of sp³-hybridized carbons (Fsp3) is 0.211. The Hall–Kier alpha value is -2.55. The molecule has 0 N–H and O–H groups in total. The number of fused-ring (bicyclic) bond motifs is 1. The molecular formula is C19H19N3. The Bertz CT molecular complexity index is 846. The van der Waals surface area contributed by atoms with E-state index in [-0.39, 0.29) is 6.04 Å². The first-order chi connectivity index (χ1) is 10.7. The van der Waals surface area contributed by atoms with Crippen LogP contribution >= 0.6 is 0 Å². The topological polar surface area (TPSA) is 20.5 Å². The first-order valence-electron chi connectivity index (χ1n) is 7.66. The van der Waals surface area contributed by atoms with Crippen molar-refractivity contribution in [2.24, 2.45) is 12.1 Å². The first kappa shape index (κ1) is 13.1. The van der Waals surface area contributed by atoms with Crippen LogP contribution in [0.4, 0.5) is 5.69 Å². The number of hydrogen-bond acceptors (Lipinski definition) is 2. The molecule has 1 atom stereocenters. The Balaban J connectivity index is 1.84. The van der Waals surface area contributed by atoms with Gasteiger partial charge in [0.2, 0.25) is 0 Å². The maximum Gasteiger partial charge on any atom is 0.0848 e. The van der Waals surface area contributed by atoms with Crippen LogP contribution in [0.25, 0.3) is 10.9 Å². The highest BCUT2D eigenvalue weighted by Gasteiger charge is 2.29. The van der Waals surface area contributed by atoms with Gasteiger partial charge in [-0.2, -0.15) is 5.10 Å². The van der Waals surface area contributed by atoms with Gasteiger partial charge in [0.05, 0.1) is 11.7 Å². The summed E-state index contributed by atoms with van der Waals surface area (Å²) >= 11 is 0. The molecule has 0 saturated heterocycles. The fourth-order valence-corrected chi connectivity index (χ4v) is 3.36. The summed E-state index contributed by atoms with van der Waals surface area (Å²) < 4.78 is 2.21. The van der Waals surface area contributed by atoms with E-state index in [9.17, 15) is 0 Å². The standard InChI is InChI=1S/C19H19N3/c1-14-12-19(22(20-14)15-8-4-3-5-9-15)17-13-21(2)18-11-7-6-10-16(17)18/h3-11,13,19H,12H2,1-2H3. The Labute approximate surface area is 130 Å². The molecule has 3 aromatic rings. The first-order valence-corrected chi connectivity index (χ1v) is 7.66. The summed E-state index contributed by atoms with van der Waals surface area (Å²) in [4.78, 5) is 0. The van der Waals surface area contributed by atoms with Crippen LogP contribution in [0.5, 0.6) is 0 Å². The van der Waals surface area contributed by atoms with Crippen molar-refractivity contribution in [2.75, 3.05) is 5.01 Å². The summed E-state index contributed by atoms with van der Waals surface area (Å²) in [7, 11) is 2.11. The maximum absolute atomic E-state index is 4.77. The largest absolute Gasteiger partial charge is 0.350 e. The molecule has 1 aliphatic heterocycles. The predicted molar refractivity (Wildman–Crippen MR) is 92.3 cm³/mol. The molecule has 22 heavy (non-hydrogen) atoms. The molecule has 110 valence electrons. The molecule has 0 spiro atoms. The van der Waals surface area contributed by atoms with E-state index >= 15 is 0 Å². The van der Waals surface area contributed by atoms with Crippen molar-refractivity contribution in [3.8, 4) is 0 Å². The molecule has 0 saturated carbocycles. The molecule has 3 heteroatoms. The van der Waals surface area contributed by atoms with Gasteiger partial charge in [-0.3, -0.25) is 5.01 Å². The van der Waals surface area contributed by atoms with E-state index in [1.54, 1.807) is 0 Å². The fourth-order valence-electron chi connectivity index (χ4n) is 3.36. The van der Waals surface area contributed by atoms with Gasteiger partial charge in [0.25, 0.3) is 0 Å². The van der Waals surface area contributed by atoms with Gasteiger partial charge >= 0.3 is 0 Å². The third-order valence-electron chi connectivity index (χ3n) is 4.37. The number of para-hydroxylation sites is 2. The summed E-state index contributed by atoms with van der Waals surface area (Å²) in [5.41, 5.74) is 4.96. The summed E-state index contributed by atoms with van der Waals surface area (Å²) in [6.45, 7) is 2.11. The molecular weight excluding hydrogens is 270 g/mol. The lowest BCUT2D eigenvalue weighted by Crippen LogP contribution is -2.18. The van der Waals surface area contributed by atoms with Gasteiger partial charge in [0.1, 0.15) is 0 Å². The van der Waals surface area contributed by atoms with Crippen LogP contribution in [0, 0.1) is 0 Å². The van der Waals surface area contributed by atoms with Crippen LogP contribution in [-0.4, -0.2) is 10.3 Å². The Morgan fingerprint density at radius 2 is 1.73 bits per heavy atom. The van der Waals surface area contributed by atoms with Gasteiger partial charge in [0.15, 0.2) is 0 Å². The van der Waals surface area contributed by atoms with Crippen molar-refractivity contribution in [2.45, 2.75) is 19.4 Å². The normalized spacial score (nSPS) is 18.0. The number of hydrazone groups is 1. The van der Waals surface area contributed by atoms with Crippen molar-refractivity contribution >= 4 is 22.3 Å². The second-order valence-corrected chi connectivity index (χ2v) is 5.95. The van der Waals surface area contributed by atoms with Crippen molar-refractivity contribution in [3.05, 3.63) is 66.4 Å². The van der Waals surface area contributed by atoms with Crippen LogP contribution in [0.3, 0.4) is 0 Å². The van der Waals surface area contributed by atoms with Gasteiger partial charge in [-0.1, -0.05) is 36.4 Å². The Morgan fingerprint density at radius 1 is 1.00 bits per heavy atom. The molecule has 2 aromatic carbocycles. The van der Waals surface area contributed by atoms with E-state index < -0.39 is 0 Å². The SMILES string of the molecule is CC1=NN(c2ccccc2)C(c2cn(C)c3ccccc23)C1. The Morgan fingerprint density at radius 3 is 2.55 bits per heavy atom. The minimum atomic E-state index is 0.272. The molecule has 2 heterocycles. The monoisotopic (exact) mass is 289 g/mol. The third-order valence-corrected chi connectivity index (χ3v) is 4.37. The van der Waals surface area contributed by atoms with Gasteiger partial charge in [0, 0.05) is 41.8 Å². The highest BCUT2D eigenvalue weighted by molar-refractivity contribution is 5.90. The molecule has 1 unspecified atom stereocenters. The summed E-state index contributed by atoms with van der Waals surface area (Å²) in [5, 5.41) is 8.26. The molecule has 0 amide bonds. The average molecular weight is 289 g/mol. The zero-order chi connectivity index (χ0) is 15.1. The highest BCUT2D eigenvalue weighted by atomic mass is 15.5. The number of hydrogen-bond donors (Lipinski definition) is 0. The van der Waals surface area contributed by atoms with Crippen LogP contribution in [0.2, 0.25) is 0 Å². The molecule has 0 radical (unpaired) electrons. The summed E-state index contributed by atoms with van der Waals surface area (Å²) in [5.74, 6) is 0. The molecule has 3 nitrogen and oxygen atoms in total. The number of nitrogens with zero attached hydrogens (tertiary/aromatic N) is 3. The Kier molecular flexibility index (Phi) is 3.00. The van der Waals surface area contributed by atoms with E-state index in [1.807, 2.05) is 6.07 Å². The lowest BCUT2D eigenvalue weighted by molar-refractivity contribution is 0.710. The smallest absolute Gasteiger partial charge is 0.0848 e. The van der Waals surface area contributed by atoms with Gasteiger partial charge < -0.3 is 4.57 Å². The molecule has 0 fully saturated rings. The van der Waals surface area contributed by atoms with Gasteiger partial charge in [-0.15, -0.1) is 0 Å². The lowest BCUT2D eigenvalue weighted by Gasteiger charge is -2.23. The van der Waals surface area contributed by atoms with E-state index in [0.29, 0.717) is 0 Å². The quantitative estimate of drug-likeness (QED) is 0.680. The number of benzene rings is 2. The summed E-state index contributed by atoms with van der Waals surface area (Å²) in [6, 6.07) is 19.3. The van der Waals surface area contributed by atoms with E-state index in [1.165, 1.54) is 22.2 Å². The number of rotatable bonds is 2. The zero-order valence-electron chi connectivity index (χ0n) is 12.9. The van der Waals surface area contributed by atoms with Crippen molar-refractivity contribution in [1.82, 2.24) is 4.57 Å². The molecule has 4 rings (SSSR count). The highest BCUT2D eigenvalue weighted by Crippen LogP contribution is 2.38. The van der Waals surface area contributed by atoms with Gasteiger partial charge in [-0.25, -0.2) is 0 Å². The summed E-state index contributed by atoms with van der Waals surface area (Å²) in [6.07, 6.45) is 3.22. The van der Waals surface area contributed by atoms with Crippen LogP contribution in [0.1, 0.15) is 24.9 Å². The second kappa shape index (κ2) is 5.02. The van der Waals surface area contributed by atoms with Crippen molar-refractivity contribution < 1.29 is 0 Å². The van der Waals surface area contributed by atoms with Crippen molar-refractivity contribution in [1.29, 1.82) is 0 Å². The minimum absolute atomic E-state index is 0.272. The average Bonchev–Trinajstić information content (AvgIpc) is 3.09. The number of anilines is 1. The van der Waals surface area contributed by atoms with E-state index in [2.05, 4.69) is 78.3 Å². The van der Waals surface area contributed by atoms with Crippen LogP contribution in [0.15, 0.2) is 65.9 Å². The number of aromatic nitrogens is 1. The van der Waals surface area contributed by atoms with Gasteiger partial charge in [-0.05, 0) is 25.1 Å². The van der Waals surface area contributed by atoms with Crippen LogP contribution < -0.4 is 5.01 Å². The van der Waals surface area contributed by atoms with Crippen molar-refractivity contribution in [3.63, 3.8) is 0 Å².